The number of hydrogen-bond donors (Lipinski definition) is 0. The fraction of sp³-hybridized carbons (Fsp3) is 0. The summed E-state index contributed by atoms with van der Waals surface area (Å²) in [5.41, 5.74) is -0.137. The first kappa shape index (κ1) is 13.2. The maximum absolute atomic E-state index is 10.6. The van der Waals surface area contributed by atoms with Crippen LogP contribution in [0.15, 0.2) is 24.4 Å². The fourth-order valence-electron chi connectivity index (χ4n) is 1.41. The SMILES string of the molecule is O=[N+]([O-])c1cc(Cl)c(-n2ccc([N+](=O)[O-])n2)c(Cl)c1. The number of hydrogen-bond acceptors (Lipinski definition) is 5. The van der Waals surface area contributed by atoms with Crippen molar-refractivity contribution >= 4 is 34.7 Å². The summed E-state index contributed by atoms with van der Waals surface area (Å²) in [6.07, 6.45) is 1.29. The Labute approximate surface area is 115 Å². The Morgan fingerprint density at radius 3 is 2.11 bits per heavy atom. The van der Waals surface area contributed by atoms with Crippen LogP contribution in [0.4, 0.5) is 11.5 Å². The summed E-state index contributed by atoms with van der Waals surface area (Å²) in [7, 11) is 0. The van der Waals surface area contributed by atoms with Crippen molar-refractivity contribution in [1.29, 1.82) is 0 Å². The fourth-order valence-corrected chi connectivity index (χ4v) is 2.06. The predicted molar refractivity (Wildman–Crippen MR) is 66.9 cm³/mol. The summed E-state index contributed by atoms with van der Waals surface area (Å²) in [5, 5.41) is 24.8. The van der Waals surface area contributed by atoms with Crippen LogP contribution in [0.3, 0.4) is 0 Å². The molecule has 19 heavy (non-hydrogen) atoms. The Balaban J connectivity index is 2.55. The molecule has 0 saturated carbocycles. The zero-order chi connectivity index (χ0) is 14.2. The quantitative estimate of drug-likeness (QED) is 0.640. The Hall–Kier alpha value is -2.19. The molecule has 0 saturated heterocycles. The molecule has 0 amide bonds. The summed E-state index contributed by atoms with van der Waals surface area (Å²) in [6.45, 7) is 0. The minimum atomic E-state index is -0.677. The molecule has 0 unspecified atom stereocenters. The van der Waals surface area contributed by atoms with E-state index >= 15 is 0 Å². The van der Waals surface area contributed by atoms with Crippen molar-refractivity contribution in [2.45, 2.75) is 0 Å². The van der Waals surface area contributed by atoms with E-state index in [0.717, 1.165) is 22.9 Å². The molecule has 0 radical (unpaired) electrons. The third-order valence-corrected chi connectivity index (χ3v) is 2.78. The van der Waals surface area contributed by atoms with Gasteiger partial charge in [0.2, 0.25) is 0 Å². The first-order valence-electron chi connectivity index (χ1n) is 4.74. The molecule has 1 aromatic carbocycles. The first-order valence-corrected chi connectivity index (χ1v) is 5.49. The monoisotopic (exact) mass is 302 g/mol. The highest BCUT2D eigenvalue weighted by Gasteiger charge is 2.20. The smallest absolute Gasteiger partial charge is 0.358 e. The highest BCUT2D eigenvalue weighted by atomic mass is 35.5. The van der Waals surface area contributed by atoms with Crippen LogP contribution in [-0.2, 0) is 0 Å². The van der Waals surface area contributed by atoms with Gasteiger partial charge >= 0.3 is 5.82 Å². The van der Waals surface area contributed by atoms with Crippen LogP contribution in [0.1, 0.15) is 0 Å². The van der Waals surface area contributed by atoms with Crippen LogP contribution < -0.4 is 0 Å². The van der Waals surface area contributed by atoms with Crippen LogP contribution in [0.2, 0.25) is 10.0 Å². The molecule has 0 spiro atoms. The van der Waals surface area contributed by atoms with Crippen molar-refractivity contribution < 1.29 is 9.85 Å². The second-order valence-electron chi connectivity index (χ2n) is 3.39. The number of halogens is 2. The molecule has 1 aromatic heterocycles. The van der Waals surface area contributed by atoms with Crippen LogP contribution in [0, 0.1) is 20.2 Å². The number of benzene rings is 1. The van der Waals surface area contributed by atoms with Gasteiger partial charge in [-0.05, 0) is 4.92 Å². The van der Waals surface area contributed by atoms with Gasteiger partial charge in [0.1, 0.15) is 5.69 Å². The Morgan fingerprint density at radius 1 is 1.11 bits per heavy atom. The summed E-state index contributed by atoms with van der Waals surface area (Å²) in [6, 6.07) is 3.35. The van der Waals surface area contributed by atoms with Crippen molar-refractivity contribution in [2.24, 2.45) is 0 Å². The van der Waals surface area contributed by atoms with E-state index in [1.165, 1.54) is 6.20 Å². The van der Waals surface area contributed by atoms with Gasteiger partial charge in [0.15, 0.2) is 0 Å². The summed E-state index contributed by atoms with van der Waals surface area (Å²) >= 11 is 11.8. The maximum Gasteiger partial charge on any atom is 0.390 e. The van der Waals surface area contributed by atoms with E-state index in [2.05, 4.69) is 5.10 Å². The third-order valence-electron chi connectivity index (χ3n) is 2.20. The van der Waals surface area contributed by atoms with Gasteiger partial charge in [0, 0.05) is 12.1 Å². The van der Waals surface area contributed by atoms with Gasteiger partial charge in [0.05, 0.1) is 32.3 Å². The van der Waals surface area contributed by atoms with Crippen LogP contribution in [0.25, 0.3) is 5.69 Å². The average Bonchev–Trinajstić information content (AvgIpc) is 2.77. The largest absolute Gasteiger partial charge is 0.390 e. The van der Waals surface area contributed by atoms with E-state index in [4.69, 9.17) is 23.2 Å². The van der Waals surface area contributed by atoms with Gasteiger partial charge < -0.3 is 10.1 Å². The van der Waals surface area contributed by atoms with Crippen molar-refractivity contribution in [1.82, 2.24) is 9.78 Å². The van der Waals surface area contributed by atoms with E-state index in [-0.39, 0.29) is 27.2 Å². The lowest BCUT2D eigenvalue weighted by Crippen LogP contribution is -2.00. The van der Waals surface area contributed by atoms with Crippen LogP contribution in [-0.4, -0.2) is 19.6 Å². The molecule has 1 heterocycles. The summed E-state index contributed by atoms with van der Waals surface area (Å²) in [4.78, 5) is 19.8. The van der Waals surface area contributed by atoms with E-state index < -0.39 is 9.85 Å². The Morgan fingerprint density at radius 2 is 1.68 bits per heavy atom. The molecule has 0 bridgehead atoms. The van der Waals surface area contributed by atoms with E-state index in [9.17, 15) is 20.2 Å². The summed E-state index contributed by atoms with van der Waals surface area (Å²) < 4.78 is 1.09. The average molecular weight is 303 g/mol. The molecule has 2 aromatic rings. The van der Waals surface area contributed by atoms with Gasteiger partial charge in [-0.1, -0.05) is 23.2 Å². The normalized spacial score (nSPS) is 10.4. The minimum absolute atomic E-state index is 0.0304. The van der Waals surface area contributed by atoms with Gasteiger partial charge in [-0.15, -0.1) is 4.68 Å². The highest BCUT2D eigenvalue weighted by molar-refractivity contribution is 6.38. The van der Waals surface area contributed by atoms with Gasteiger partial charge in [-0.2, -0.15) is 0 Å². The number of nitrogens with zero attached hydrogens (tertiary/aromatic N) is 4. The number of rotatable bonds is 3. The van der Waals surface area contributed by atoms with E-state index in [0.29, 0.717) is 0 Å². The van der Waals surface area contributed by atoms with Gasteiger partial charge in [-0.3, -0.25) is 10.1 Å². The molecule has 0 N–H and O–H groups in total. The van der Waals surface area contributed by atoms with Crippen LogP contribution >= 0.6 is 23.2 Å². The second-order valence-corrected chi connectivity index (χ2v) is 4.21. The Bertz CT molecular complexity index is 662. The lowest BCUT2D eigenvalue weighted by atomic mass is 10.3. The second kappa shape index (κ2) is 4.82. The zero-order valence-corrected chi connectivity index (χ0v) is 10.5. The molecule has 98 valence electrons. The Kier molecular flexibility index (Phi) is 3.36. The molecule has 0 aliphatic carbocycles. The van der Waals surface area contributed by atoms with Gasteiger partial charge in [0.25, 0.3) is 5.69 Å². The number of non-ortho nitro benzene ring substituents is 1. The molecular weight excluding hydrogens is 299 g/mol. The van der Waals surface area contributed by atoms with Crippen molar-refractivity contribution in [3.63, 3.8) is 0 Å². The predicted octanol–water partition coefficient (Wildman–Crippen LogP) is 3.00. The molecule has 2 rings (SSSR count). The van der Waals surface area contributed by atoms with Gasteiger partial charge in [-0.25, -0.2) is 0 Å². The minimum Gasteiger partial charge on any atom is -0.358 e. The standard InChI is InChI=1S/C9H4Cl2N4O4/c10-6-3-5(14(16)17)4-7(11)9(6)13-2-1-8(12-13)15(18)19/h1-4H. The molecule has 8 nitrogen and oxygen atoms in total. The number of nitro groups is 2. The van der Waals surface area contributed by atoms with E-state index in [1.54, 1.807) is 0 Å². The van der Waals surface area contributed by atoms with Crippen molar-refractivity contribution in [3.8, 4) is 5.69 Å². The maximum atomic E-state index is 10.6. The molecule has 10 heteroatoms. The van der Waals surface area contributed by atoms with E-state index in [1.807, 2.05) is 0 Å². The molecule has 0 atom stereocenters. The first-order chi connectivity index (χ1) is 8.90. The highest BCUT2D eigenvalue weighted by Crippen LogP contribution is 2.33. The molecular formula is C9H4Cl2N4O4. The van der Waals surface area contributed by atoms with Crippen molar-refractivity contribution in [2.75, 3.05) is 0 Å². The summed E-state index contributed by atoms with van der Waals surface area (Å²) in [5.74, 6) is -0.384. The number of nitro benzene ring substituents is 1. The molecule has 0 aliphatic heterocycles. The lowest BCUT2D eigenvalue weighted by molar-refractivity contribution is -0.389. The zero-order valence-electron chi connectivity index (χ0n) is 8.99. The number of aromatic nitrogens is 2. The topological polar surface area (TPSA) is 104 Å². The van der Waals surface area contributed by atoms with Crippen molar-refractivity contribution in [3.05, 3.63) is 54.7 Å². The molecule has 0 aliphatic rings. The molecule has 0 fully saturated rings. The third kappa shape index (κ3) is 2.49. The lowest BCUT2D eigenvalue weighted by Gasteiger charge is -2.03. The van der Waals surface area contributed by atoms with Crippen LogP contribution in [0.5, 0.6) is 0 Å².